The average molecular weight is 242 g/mol. The van der Waals surface area contributed by atoms with E-state index >= 15 is 0 Å². The Morgan fingerprint density at radius 3 is 2.76 bits per heavy atom. The molecule has 1 amide bonds. The lowest BCUT2D eigenvalue weighted by Gasteiger charge is -2.36. The largest absolute Gasteiger partial charge is 0.396 e. The Bertz CT molecular complexity index is 244. The maximum atomic E-state index is 11.7. The van der Waals surface area contributed by atoms with Crippen LogP contribution in [0.3, 0.4) is 0 Å². The molecule has 1 aliphatic rings. The molecule has 2 atom stereocenters. The molecular weight excluding hydrogens is 216 g/mol. The van der Waals surface area contributed by atoms with Gasteiger partial charge >= 0.3 is 0 Å². The minimum Gasteiger partial charge on any atom is -0.396 e. The van der Waals surface area contributed by atoms with Crippen LogP contribution in [-0.2, 0) is 4.79 Å². The van der Waals surface area contributed by atoms with Crippen LogP contribution in [0.25, 0.3) is 0 Å². The molecule has 1 heterocycles. The Morgan fingerprint density at radius 2 is 2.18 bits per heavy atom. The molecule has 0 aromatic carbocycles. The molecule has 1 saturated heterocycles. The van der Waals surface area contributed by atoms with Gasteiger partial charge in [0.1, 0.15) is 0 Å². The molecule has 4 heteroatoms. The van der Waals surface area contributed by atoms with E-state index in [0.717, 1.165) is 32.4 Å². The normalized spacial score (nSPS) is 26.2. The van der Waals surface area contributed by atoms with Crippen molar-refractivity contribution in [2.24, 2.45) is 11.8 Å². The molecule has 4 nitrogen and oxygen atoms in total. The fourth-order valence-corrected chi connectivity index (χ4v) is 2.50. The number of amides is 1. The number of nitrogens with zero attached hydrogens (tertiary/aromatic N) is 1. The van der Waals surface area contributed by atoms with Gasteiger partial charge in [-0.2, -0.15) is 0 Å². The predicted octanol–water partition coefficient (Wildman–Crippen LogP) is 0.851. The molecule has 2 unspecified atom stereocenters. The fraction of sp³-hybridized carbons (Fsp3) is 0.923. The predicted molar refractivity (Wildman–Crippen MR) is 68.7 cm³/mol. The number of aliphatic hydroxyl groups excluding tert-OH is 1. The van der Waals surface area contributed by atoms with Crippen molar-refractivity contribution in [2.75, 3.05) is 26.7 Å². The number of hydrogen-bond acceptors (Lipinski definition) is 3. The van der Waals surface area contributed by atoms with Gasteiger partial charge in [0, 0.05) is 31.7 Å². The Kier molecular flexibility index (Phi) is 5.92. The number of aliphatic hydroxyl groups is 1. The second-order valence-corrected chi connectivity index (χ2v) is 5.55. The summed E-state index contributed by atoms with van der Waals surface area (Å²) in [4.78, 5) is 13.9. The van der Waals surface area contributed by atoms with Gasteiger partial charge in [-0.1, -0.05) is 13.8 Å². The summed E-state index contributed by atoms with van der Waals surface area (Å²) in [6, 6.07) is 0.271. The van der Waals surface area contributed by atoms with Crippen molar-refractivity contribution in [2.45, 2.75) is 39.2 Å². The van der Waals surface area contributed by atoms with E-state index in [1.54, 1.807) is 0 Å². The van der Waals surface area contributed by atoms with Gasteiger partial charge in [0.2, 0.25) is 5.91 Å². The second kappa shape index (κ2) is 6.97. The first-order valence-corrected chi connectivity index (χ1v) is 6.62. The molecule has 0 bridgehead atoms. The van der Waals surface area contributed by atoms with Gasteiger partial charge in [-0.15, -0.1) is 0 Å². The topological polar surface area (TPSA) is 52.6 Å². The van der Waals surface area contributed by atoms with Gasteiger partial charge in [-0.3, -0.25) is 4.79 Å². The molecule has 0 aromatic heterocycles. The Labute approximate surface area is 104 Å². The molecule has 100 valence electrons. The lowest BCUT2D eigenvalue weighted by molar-refractivity contribution is -0.125. The van der Waals surface area contributed by atoms with Gasteiger partial charge in [0.05, 0.1) is 0 Å². The monoisotopic (exact) mass is 242 g/mol. The van der Waals surface area contributed by atoms with Crippen LogP contribution >= 0.6 is 0 Å². The minimum absolute atomic E-state index is 0.0538. The van der Waals surface area contributed by atoms with E-state index in [1.165, 1.54) is 0 Å². The molecule has 1 rings (SSSR count). The molecule has 17 heavy (non-hydrogen) atoms. The number of likely N-dealkylation sites (N-methyl/N-ethyl adjacent to an activating group) is 1. The van der Waals surface area contributed by atoms with Gasteiger partial charge < -0.3 is 15.3 Å². The molecular formula is C13H26N2O2. The van der Waals surface area contributed by atoms with Gasteiger partial charge in [-0.05, 0) is 32.2 Å². The van der Waals surface area contributed by atoms with Crippen LogP contribution < -0.4 is 5.32 Å². The number of nitrogens with one attached hydrogen (secondary N) is 1. The molecule has 0 radical (unpaired) electrons. The highest BCUT2D eigenvalue weighted by Gasteiger charge is 2.26. The SMILES string of the molecule is CC(C)C(=O)NC1CC(CCCO)CN(C)C1. The quantitative estimate of drug-likeness (QED) is 0.751. The van der Waals surface area contributed by atoms with Crippen molar-refractivity contribution in [3.05, 3.63) is 0 Å². The van der Waals surface area contributed by atoms with Crippen LogP contribution in [0.5, 0.6) is 0 Å². The summed E-state index contributed by atoms with van der Waals surface area (Å²) in [5.41, 5.74) is 0. The smallest absolute Gasteiger partial charge is 0.222 e. The summed E-state index contributed by atoms with van der Waals surface area (Å²) in [5.74, 6) is 0.794. The van der Waals surface area contributed by atoms with E-state index in [0.29, 0.717) is 5.92 Å². The number of hydrogen-bond donors (Lipinski definition) is 2. The first kappa shape index (κ1) is 14.5. The van der Waals surface area contributed by atoms with Crippen molar-refractivity contribution in [1.82, 2.24) is 10.2 Å². The van der Waals surface area contributed by atoms with Crippen LogP contribution in [0, 0.1) is 11.8 Å². The summed E-state index contributed by atoms with van der Waals surface area (Å²) >= 11 is 0. The third-order valence-corrected chi connectivity index (χ3v) is 3.36. The van der Waals surface area contributed by atoms with Crippen molar-refractivity contribution >= 4 is 5.91 Å². The highest BCUT2D eigenvalue weighted by molar-refractivity contribution is 5.78. The third kappa shape index (κ3) is 5.04. The third-order valence-electron chi connectivity index (χ3n) is 3.36. The highest BCUT2D eigenvalue weighted by Crippen LogP contribution is 2.20. The summed E-state index contributed by atoms with van der Waals surface area (Å²) in [6.07, 6.45) is 2.96. The molecule has 1 fully saturated rings. The van der Waals surface area contributed by atoms with Crippen molar-refractivity contribution in [1.29, 1.82) is 0 Å². The van der Waals surface area contributed by atoms with Crippen LogP contribution in [0.2, 0.25) is 0 Å². The lowest BCUT2D eigenvalue weighted by Crippen LogP contribution is -2.50. The van der Waals surface area contributed by atoms with Crippen LogP contribution in [0.1, 0.15) is 33.1 Å². The van der Waals surface area contributed by atoms with E-state index in [-0.39, 0.29) is 24.5 Å². The maximum Gasteiger partial charge on any atom is 0.222 e. The number of piperidine rings is 1. The lowest BCUT2D eigenvalue weighted by atomic mass is 9.90. The molecule has 0 aromatic rings. The van der Waals surface area contributed by atoms with Crippen molar-refractivity contribution < 1.29 is 9.90 Å². The van der Waals surface area contributed by atoms with Crippen LogP contribution in [0.4, 0.5) is 0 Å². The first-order valence-electron chi connectivity index (χ1n) is 6.62. The molecule has 0 aliphatic carbocycles. The maximum absolute atomic E-state index is 11.7. The Morgan fingerprint density at radius 1 is 1.47 bits per heavy atom. The summed E-state index contributed by atoms with van der Waals surface area (Å²) in [5, 5.41) is 12.0. The molecule has 1 aliphatic heterocycles. The summed E-state index contributed by atoms with van der Waals surface area (Å²) in [6.45, 7) is 6.13. The van der Waals surface area contributed by atoms with E-state index in [4.69, 9.17) is 5.11 Å². The molecule has 0 saturated carbocycles. The first-order chi connectivity index (χ1) is 8.02. The van der Waals surface area contributed by atoms with Crippen molar-refractivity contribution in [3.63, 3.8) is 0 Å². The number of carbonyl (C=O) groups excluding carboxylic acids is 1. The standard InChI is InChI=1S/C13H26N2O2/c1-10(2)13(17)14-12-7-11(5-4-6-16)8-15(3)9-12/h10-12,16H,4-9H2,1-3H3,(H,14,17). The van der Waals surface area contributed by atoms with E-state index in [1.807, 2.05) is 13.8 Å². The minimum atomic E-state index is 0.0538. The van der Waals surface area contributed by atoms with Gasteiger partial charge in [-0.25, -0.2) is 0 Å². The van der Waals surface area contributed by atoms with E-state index < -0.39 is 0 Å². The molecule has 0 spiro atoms. The number of likely N-dealkylation sites (tertiary alicyclic amines) is 1. The molecule has 2 N–H and O–H groups in total. The number of carbonyl (C=O) groups is 1. The van der Waals surface area contributed by atoms with E-state index in [9.17, 15) is 4.79 Å². The summed E-state index contributed by atoms with van der Waals surface area (Å²) in [7, 11) is 2.10. The zero-order valence-corrected chi connectivity index (χ0v) is 11.3. The van der Waals surface area contributed by atoms with Crippen LogP contribution in [-0.4, -0.2) is 48.7 Å². The van der Waals surface area contributed by atoms with E-state index in [2.05, 4.69) is 17.3 Å². The zero-order valence-electron chi connectivity index (χ0n) is 11.3. The Balaban J connectivity index is 2.41. The summed E-state index contributed by atoms with van der Waals surface area (Å²) < 4.78 is 0. The van der Waals surface area contributed by atoms with Crippen molar-refractivity contribution in [3.8, 4) is 0 Å². The highest BCUT2D eigenvalue weighted by atomic mass is 16.2. The van der Waals surface area contributed by atoms with Gasteiger partial charge in [0.25, 0.3) is 0 Å². The van der Waals surface area contributed by atoms with Gasteiger partial charge in [0.15, 0.2) is 0 Å². The Hall–Kier alpha value is -0.610. The zero-order chi connectivity index (χ0) is 12.8. The average Bonchev–Trinajstić information content (AvgIpc) is 2.25. The number of rotatable bonds is 5. The fourth-order valence-electron chi connectivity index (χ4n) is 2.50. The van der Waals surface area contributed by atoms with Crippen LogP contribution in [0.15, 0.2) is 0 Å². The second-order valence-electron chi connectivity index (χ2n) is 5.55.